The molecule has 0 fully saturated rings. The molecule has 1 aromatic carbocycles. The molecule has 0 radical (unpaired) electrons. The Balaban J connectivity index is 1.99. The Morgan fingerprint density at radius 2 is 2.00 bits per heavy atom. The highest BCUT2D eigenvalue weighted by molar-refractivity contribution is 5.33. The average molecular weight is 281 g/mol. The molecule has 0 atom stereocenters. The molecule has 0 saturated heterocycles. The van der Waals surface area contributed by atoms with Crippen LogP contribution in [0.4, 0.5) is 0 Å². The molecule has 0 bridgehead atoms. The minimum absolute atomic E-state index is 0.454. The van der Waals surface area contributed by atoms with E-state index in [2.05, 4.69) is 50.4 Å². The van der Waals surface area contributed by atoms with E-state index >= 15 is 0 Å². The van der Waals surface area contributed by atoms with Gasteiger partial charge in [-0.05, 0) is 42.5 Å². The zero-order valence-electron chi connectivity index (χ0n) is 13.1. The molecule has 2 aromatic rings. The van der Waals surface area contributed by atoms with Crippen LogP contribution in [0.2, 0.25) is 0 Å². The second-order valence-corrected chi connectivity index (χ2v) is 6.14. The number of rotatable bonds is 3. The Labute approximate surface area is 126 Å². The highest BCUT2D eigenvalue weighted by Crippen LogP contribution is 2.23. The van der Waals surface area contributed by atoms with Gasteiger partial charge in [-0.25, -0.2) is 9.97 Å². The predicted octanol–water partition coefficient (Wildman–Crippen LogP) is 3.14. The molecule has 2 heterocycles. The zero-order valence-corrected chi connectivity index (χ0v) is 13.1. The molecule has 3 heteroatoms. The predicted molar refractivity (Wildman–Crippen MR) is 85.5 cm³/mol. The summed E-state index contributed by atoms with van der Waals surface area (Å²) >= 11 is 0. The molecule has 0 amide bonds. The number of benzene rings is 1. The topological polar surface area (TPSA) is 37.8 Å². The third-order valence-corrected chi connectivity index (χ3v) is 4.17. The molecule has 3 rings (SSSR count). The van der Waals surface area contributed by atoms with Gasteiger partial charge in [-0.2, -0.15) is 0 Å². The molecular formula is C18H23N3. The van der Waals surface area contributed by atoms with Gasteiger partial charge in [-0.15, -0.1) is 0 Å². The van der Waals surface area contributed by atoms with Gasteiger partial charge in [-0.1, -0.05) is 38.1 Å². The Morgan fingerprint density at radius 1 is 1.19 bits per heavy atom. The first-order valence-corrected chi connectivity index (χ1v) is 7.79. The van der Waals surface area contributed by atoms with Crippen LogP contribution >= 0.6 is 0 Å². The highest BCUT2D eigenvalue weighted by atomic mass is 15.0. The van der Waals surface area contributed by atoms with Crippen LogP contribution in [0.15, 0.2) is 24.3 Å². The first kappa shape index (κ1) is 14.2. The van der Waals surface area contributed by atoms with E-state index in [-0.39, 0.29) is 0 Å². The van der Waals surface area contributed by atoms with Crippen molar-refractivity contribution in [1.82, 2.24) is 15.3 Å². The Morgan fingerprint density at radius 3 is 2.76 bits per heavy atom. The van der Waals surface area contributed by atoms with Gasteiger partial charge in [0.15, 0.2) is 0 Å². The van der Waals surface area contributed by atoms with Crippen molar-refractivity contribution in [3.8, 4) is 0 Å². The van der Waals surface area contributed by atoms with E-state index in [0.717, 1.165) is 31.8 Å². The van der Waals surface area contributed by atoms with Crippen molar-refractivity contribution in [1.29, 1.82) is 0 Å². The molecule has 110 valence electrons. The van der Waals surface area contributed by atoms with Gasteiger partial charge in [0.2, 0.25) is 0 Å². The summed E-state index contributed by atoms with van der Waals surface area (Å²) in [5.74, 6) is 1.41. The summed E-state index contributed by atoms with van der Waals surface area (Å²) in [4.78, 5) is 9.70. The summed E-state index contributed by atoms with van der Waals surface area (Å²) < 4.78 is 0. The van der Waals surface area contributed by atoms with Gasteiger partial charge in [0.1, 0.15) is 5.82 Å². The lowest BCUT2D eigenvalue weighted by molar-refractivity contribution is 0.601. The standard InChI is InChI=1S/C18H23N3/c1-12(2)18-15-8-9-19-11-16(15)20-17(21-18)10-14-7-5-4-6-13(14)3/h4-7,12,19H,8-11H2,1-3H3. The minimum Gasteiger partial charge on any atom is -0.311 e. The van der Waals surface area contributed by atoms with E-state index < -0.39 is 0 Å². The van der Waals surface area contributed by atoms with E-state index in [4.69, 9.17) is 9.97 Å². The van der Waals surface area contributed by atoms with Gasteiger partial charge in [0, 0.05) is 13.0 Å². The Kier molecular flexibility index (Phi) is 4.02. The molecular weight excluding hydrogens is 258 g/mol. The van der Waals surface area contributed by atoms with E-state index in [1.807, 2.05) is 0 Å². The number of hydrogen-bond acceptors (Lipinski definition) is 3. The van der Waals surface area contributed by atoms with E-state index in [1.54, 1.807) is 0 Å². The van der Waals surface area contributed by atoms with Gasteiger partial charge >= 0.3 is 0 Å². The van der Waals surface area contributed by atoms with Crippen LogP contribution in [-0.4, -0.2) is 16.5 Å². The van der Waals surface area contributed by atoms with E-state index in [0.29, 0.717) is 5.92 Å². The molecule has 0 unspecified atom stereocenters. The maximum Gasteiger partial charge on any atom is 0.133 e. The fourth-order valence-electron chi connectivity index (χ4n) is 2.98. The van der Waals surface area contributed by atoms with Crippen molar-refractivity contribution < 1.29 is 0 Å². The molecule has 1 N–H and O–H groups in total. The van der Waals surface area contributed by atoms with E-state index in [1.165, 1.54) is 28.1 Å². The first-order valence-electron chi connectivity index (χ1n) is 7.79. The smallest absolute Gasteiger partial charge is 0.133 e. The fourth-order valence-corrected chi connectivity index (χ4v) is 2.98. The van der Waals surface area contributed by atoms with Gasteiger partial charge in [0.25, 0.3) is 0 Å². The molecule has 1 aromatic heterocycles. The van der Waals surface area contributed by atoms with Crippen molar-refractivity contribution in [2.24, 2.45) is 0 Å². The van der Waals surface area contributed by atoms with E-state index in [9.17, 15) is 0 Å². The number of fused-ring (bicyclic) bond motifs is 1. The maximum atomic E-state index is 4.88. The number of aryl methyl sites for hydroxylation is 1. The molecule has 3 nitrogen and oxygen atoms in total. The number of nitrogens with zero attached hydrogens (tertiary/aromatic N) is 2. The number of hydrogen-bond donors (Lipinski definition) is 1. The molecule has 21 heavy (non-hydrogen) atoms. The summed E-state index contributed by atoms with van der Waals surface area (Å²) in [6, 6.07) is 8.49. The van der Waals surface area contributed by atoms with Crippen LogP contribution in [0.5, 0.6) is 0 Å². The maximum absolute atomic E-state index is 4.88. The second kappa shape index (κ2) is 5.94. The van der Waals surface area contributed by atoms with Crippen LogP contribution in [-0.2, 0) is 19.4 Å². The first-order chi connectivity index (χ1) is 10.1. The van der Waals surface area contributed by atoms with Gasteiger partial charge < -0.3 is 5.32 Å². The molecule has 1 aliphatic rings. The molecule has 0 spiro atoms. The van der Waals surface area contributed by atoms with Crippen LogP contribution in [0.25, 0.3) is 0 Å². The number of nitrogens with one attached hydrogen (secondary N) is 1. The summed E-state index contributed by atoms with van der Waals surface area (Å²) in [7, 11) is 0. The Hall–Kier alpha value is -1.74. The van der Waals surface area contributed by atoms with Crippen LogP contribution < -0.4 is 5.32 Å². The average Bonchev–Trinajstić information content (AvgIpc) is 2.48. The van der Waals surface area contributed by atoms with Crippen molar-refractivity contribution in [2.75, 3.05) is 6.54 Å². The fraction of sp³-hybridized carbons (Fsp3) is 0.444. The quantitative estimate of drug-likeness (QED) is 0.939. The highest BCUT2D eigenvalue weighted by Gasteiger charge is 2.19. The summed E-state index contributed by atoms with van der Waals surface area (Å²) in [6.45, 7) is 8.51. The molecule has 0 aliphatic carbocycles. The summed E-state index contributed by atoms with van der Waals surface area (Å²) in [5, 5.41) is 3.42. The van der Waals surface area contributed by atoms with Crippen molar-refractivity contribution in [2.45, 2.75) is 46.1 Å². The monoisotopic (exact) mass is 281 g/mol. The van der Waals surface area contributed by atoms with Crippen molar-refractivity contribution in [3.63, 3.8) is 0 Å². The largest absolute Gasteiger partial charge is 0.311 e. The second-order valence-electron chi connectivity index (χ2n) is 6.14. The normalized spacial score (nSPS) is 14.3. The minimum atomic E-state index is 0.454. The zero-order chi connectivity index (χ0) is 14.8. The van der Waals surface area contributed by atoms with Crippen LogP contribution in [0.1, 0.15) is 53.7 Å². The van der Waals surface area contributed by atoms with Gasteiger partial charge in [0.05, 0.1) is 11.4 Å². The summed E-state index contributed by atoms with van der Waals surface area (Å²) in [5.41, 5.74) is 6.44. The third-order valence-electron chi connectivity index (χ3n) is 4.17. The van der Waals surface area contributed by atoms with Crippen LogP contribution in [0.3, 0.4) is 0 Å². The third kappa shape index (κ3) is 2.98. The van der Waals surface area contributed by atoms with Crippen molar-refractivity contribution >= 4 is 0 Å². The van der Waals surface area contributed by atoms with Gasteiger partial charge in [-0.3, -0.25) is 0 Å². The lowest BCUT2D eigenvalue weighted by Crippen LogP contribution is -2.27. The summed E-state index contributed by atoms with van der Waals surface area (Å²) in [6.07, 6.45) is 1.87. The lowest BCUT2D eigenvalue weighted by atomic mass is 9.97. The SMILES string of the molecule is Cc1ccccc1Cc1nc2c(c(C(C)C)n1)CCNC2. The van der Waals surface area contributed by atoms with Crippen LogP contribution in [0, 0.1) is 6.92 Å². The number of aromatic nitrogens is 2. The molecule has 0 saturated carbocycles. The molecule has 1 aliphatic heterocycles. The lowest BCUT2D eigenvalue weighted by Gasteiger charge is -2.22. The van der Waals surface area contributed by atoms with Crippen molar-refractivity contribution in [3.05, 3.63) is 58.2 Å². The Bertz CT molecular complexity index is 647.